The van der Waals surface area contributed by atoms with Crippen molar-refractivity contribution in [2.45, 2.75) is 51.4 Å². The number of hydrogen-bond acceptors (Lipinski definition) is 8. The van der Waals surface area contributed by atoms with Crippen molar-refractivity contribution < 1.29 is 48.1 Å². The summed E-state index contributed by atoms with van der Waals surface area (Å²) < 4.78 is 135. The standard InChI is InChI=1S/C34H36F7N5O6S/c1-22-30(44-16-14-43(15-17-44)19-24-11-12-29(52-24)34(39,40)41)31(47)46(21-28(23-7-3-2-4-8-23)42-13-6-18-53(49,50)51)32(48)45(22)20-25-26(33(36,37)38)9-5-10-27(25)35/h2-5,7-12,28,42H,6,13-21H2,1H3,(H,49,50,51)/t28-/m0/s1. The van der Waals surface area contributed by atoms with Crippen molar-refractivity contribution in [3.8, 4) is 0 Å². The second-order valence-corrected chi connectivity index (χ2v) is 14.1. The van der Waals surface area contributed by atoms with E-state index >= 15 is 4.39 Å². The van der Waals surface area contributed by atoms with E-state index in [1.807, 2.05) is 0 Å². The third-order valence-electron chi connectivity index (χ3n) is 8.94. The lowest BCUT2D eigenvalue weighted by Crippen LogP contribution is -2.51. The van der Waals surface area contributed by atoms with Crippen molar-refractivity contribution in [3.05, 3.63) is 121 Å². The first kappa shape index (κ1) is 39.7. The molecule has 0 radical (unpaired) electrons. The zero-order chi connectivity index (χ0) is 38.7. The van der Waals surface area contributed by atoms with E-state index < -0.39 is 74.8 Å². The highest BCUT2D eigenvalue weighted by Gasteiger charge is 2.36. The summed E-state index contributed by atoms with van der Waals surface area (Å²) in [5.41, 5.74) is -3.41. The number of furan rings is 1. The van der Waals surface area contributed by atoms with E-state index in [2.05, 4.69) is 5.32 Å². The minimum Gasteiger partial charge on any atom is -0.455 e. The number of hydrogen-bond donors (Lipinski definition) is 2. The Balaban J connectivity index is 1.53. The van der Waals surface area contributed by atoms with Gasteiger partial charge in [-0.3, -0.25) is 23.4 Å². The fourth-order valence-corrected chi connectivity index (χ4v) is 6.80. The topological polar surface area (TPSA) is 130 Å². The van der Waals surface area contributed by atoms with Crippen molar-refractivity contribution >= 4 is 15.8 Å². The number of nitrogens with zero attached hydrogens (tertiary/aromatic N) is 4. The molecule has 0 amide bonds. The van der Waals surface area contributed by atoms with E-state index in [1.54, 1.807) is 40.1 Å². The molecule has 0 spiro atoms. The second kappa shape index (κ2) is 15.9. The van der Waals surface area contributed by atoms with Crippen LogP contribution in [0.25, 0.3) is 0 Å². The lowest BCUT2D eigenvalue weighted by molar-refractivity contribution is -0.153. The molecule has 1 atom stereocenters. The van der Waals surface area contributed by atoms with Gasteiger partial charge in [0.25, 0.3) is 15.7 Å². The van der Waals surface area contributed by atoms with Crippen molar-refractivity contribution in [2.75, 3.05) is 43.4 Å². The summed E-state index contributed by atoms with van der Waals surface area (Å²) in [6.45, 7) is 0.889. The highest BCUT2D eigenvalue weighted by molar-refractivity contribution is 7.85. The van der Waals surface area contributed by atoms with Crippen LogP contribution in [0, 0.1) is 12.7 Å². The van der Waals surface area contributed by atoms with Gasteiger partial charge >= 0.3 is 18.0 Å². The number of alkyl halides is 6. The number of piperazine rings is 1. The minimum absolute atomic E-state index is 0.0211. The van der Waals surface area contributed by atoms with Gasteiger partial charge < -0.3 is 14.6 Å². The van der Waals surface area contributed by atoms with Crippen molar-refractivity contribution in [1.82, 2.24) is 19.4 Å². The molecule has 19 heteroatoms. The first-order valence-corrected chi connectivity index (χ1v) is 18.0. The van der Waals surface area contributed by atoms with E-state index in [0.717, 1.165) is 27.3 Å². The van der Waals surface area contributed by atoms with Gasteiger partial charge in [-0.25, -0.2) is 9.18 Å². The Morgan fingerprint density at radius 1 is 0.868 bits per heavy atom. The maximum absolute atomic E-state index is 15.1. The molecule has 2 N–H and O–H groups in total. The lowest BCUT2D eigenvalue weighted by Gasteiger charge is -2.36. The highest BCUT2D eigenvalue weighted by atomic mass is 32.2. The van der Waals surface area contributed by atoms with Crippen LogP contribution in [-0.2, 0) is 42.1 Å². The zero-order valence-electron chi connectivity index (χ0n) is 28.3. The van der Waals surface area contributed by atoms with Crippen LogP contribution in [0.5, 0.6) is 0 Å². The molecule has 4 aromatic rings. The highest BCUT2D eigenvalue weighted by Crippen LogP contribution is 2.34. The van der Waals surface area contributed by atoms with Crippen LogP contribution in [0.1, 0.15) is 46.4 Å². The molecule has 1 fully saturated rings. The molecular formula is C34H36F7N5O6S. The number of anilines is 1. The first-order chi connectivity index (χ1) is 24.8. The van der Waals surface area contributed by atoms with Gasteiger partial charge in [0.1, 0.15) is 17.3 Å². The van der Waals surface area contributed by atoms with Crippen LogP contribution in [0.3, 0.4) is 0 Å². The number of nitrogens with one attached hydrogen (secondary N) is 1. The van der Waals surface area contributed by atoms with E-state index in [1.165, 1.54) is 13.0 Å². The second-order valence-electron chi connectivity index (χ2n) is 12.6. The third-order valence-corrected chi connectivity index (χ3v) is 9.75. The molecule has 2 aromatic carbocycles. The summed E-state index contributed by atoms with van der Waals surface area (Å²) in [6, 6.07) is 12.1. The molecular weight excluding hydrogens is 739 g/mol. The maximum Gasteiger partial charge on any atom is 0.449 e. The Hall–Kier alpha value is -4.46. The molecule has 0 bridgehead atoms. The molecule has 0 unspecified atom stereocenters. The molecule has 53 heavy (non-hydrogen) atoms. The Labute approximate surface area is 299 Å². The van der Waals surface area contributed by atoms with Crippen LogP contribution in [-0.4, -0.2) is 65.5 Å². The van der Waals surface area contributed by atoms with Gasteiger partial charge in [-0.05, 0) is 49.7 Å². The molecule has 1 aliphatic heterocycles. The van der Waals surface area contributed by atoms with Crippen LogP contribution in [0.4, 0.5) is 36.4 Å². The molecule has 3 heterocycles. The number of rotatable bonds is 13. The molecule has 2 aromatic heterocycles. The summed E-state index contributed by atoms with van der Waals surface area (Å²) in [6.07, 6.45) is -9.66. The number of aromatic nitrogens is 2. The normalized spacial score (nSPS) is 15.2. The number of halogens is 7. The van der Waals surface area contributed by atoms with Gasteiger partial charge in [-0.2, -0.15) is 34.8 Å². The first-order valence-electron chi connectivity index (χ1n) is 16.4. The van der Waals surface area contributed by atoms with Crippen LogP contribution in [0.15, 0.2) is 74.7 Å². The van der Waals surface area contributed by atoms with Gasteiger partial charge in [-0.1, -0.05) is 36.4 Å². The minimum atomic E-state index is -4.97. The summed E-state index contributed by atoms with van der Waals surface area (Å²) in [5.74, 6) is -2.86. The van der Waals surface area contributed by atoms with Gasteiger partial charge in [-0.15, -0.1) is 0 Å². The van der Waals surface area contributed by atoms with Gasteiger partial charge in [0.05, 0.1) is 37.0 Å². The molecule has 1 saturated heterocycles. The largest absolute Gasteiger partial charge is 0.455 e. The maximum atomic E-state index is 15.1. The van der Waals surface area contributed by atoms with Gasteiger partial charge in [0.2, 0.25) is 5.76 Å². The van der Waals surface area contributed by atoms with Crippen LogP contribution < -0.4 is 21.5 Å². The molecule has 0 saturated carbocycles. The van der Waals surface area contributed by atoms with Gasteiger partial charge in [0.15, 0.2) is 0 Å². The summed E-state index contributed by atoms with van der Waals surface area (Å²) >= 11 is 0. The third kappa shape index (κ3) is 9.75. The summed E-state index contributed by atoms with van der Waals surface area (Å²) in [5, 5.41) is 3.08. The monoisotopic (exact) mass is 775 g/mol. The average molecular weight is 776 g/mol. The zero-order valence-corrected chi connectivity index (χ0v) is 29.1. The molecule has 0 aliphatic carbocycles. The SMILES string of the molecule is Cc1c(N2CCN(Cc3ccc(C(F)(F)F)o3)CC2)c(=O)n(C[C@H](NCCCS(=O)(=O)O)c2ccccc2)c(=O)n1Cc1c(F)cccc1C(F)(F)F. The predicted octanol–water partition coefficient (Wildman–Crippen LogP) is 5.07. The summed E-state index contributed by atoms with van der Waals surface area (Å²) in [4.78, 5) is 31.8. The fraction of sp³-hybridized carbons (Fsp3) is 0.412. The van der Waals surface area contributed by atoms with Crippen molar-refractivity contribution in [3.63, 3.8) is 0 Å². The number of benzene rings is 2. The average Bonchev–Trinajstić information content (AvgIpc) is 3.56. The lowest BCUT2D eigenvalue weighted by atomic mass is 10.1. The van der Waals surface area contributed by atoms with Crippen molar-refractivity contribution in [2.24, 2.45) is 0 Å². The quantitative estimate of drug-likeness (QED) is 0.109. The molecule has 5 rings (SSSR count). The molecule has 288 valence electrons. The van der Waals surface area contributed by atoms with Crippen LogP contribution in [0.2, 0.25) is 0 Å². The Morgan fingerprint density at radius 3 is 2.15 bits per heavy atom. The van der Waals surface area contributed by atoms with E-state index in [9.17, 15) is 44.3 Å². The smallest absolute Gasteiger partial charge is 0.449 e. The van der Waals surface area contributed by atoms with E-state index in [4.69, 9.17) is 8.97 Å². The molecule has 11 nitrogen and oxygen atoms in total. The Morgan fingerprint density at radius 2 is 1.55 bits per heavy atom. The predicted molar refractivity (Wildman–Crippen MR) is 180 cm³/mol. The van der Waals surface area contributed by atoms with Crippen LogP contribution >= 0.6 is 0 Å². The Kier molecular flexibility index (Phi) is 11.9. The summed E-state index contributed by atoms with van der Waals surface area (Å²) in [7, 11) is -4.28. The van der Waals surface area contributed by atoms with Gasteiger partial charge in [0, 0.05) is 37.4 Å². The van der Waals surface area contributed by atoms with E-state index in [-0.39, 0.29) is 69.4 Å². The van der Waals surface area contributed by atoms with E-state index in [0.29, 0.717) is 11.6 Å². The fourth-order valence-electron chi connectivity index (χ4n) is 6.29. The van der Waals surface area contributed by atoms with Crippen molar-refractivity contribution in [1.29, 1.82) is 0 Å². The molecule has 1 aliphatic rings. The Bertz CT molecular complexity index is 2120.